The minimum Gasteiger partial charge on any atom is -0.458 e. The Balaban J connectivity index is 0.964. The molecule has 12 aromatic carbocycles. The molecule has 0 radical (unpaired) electrons. The molecule has 8 nitrogen and oxygen atoms in total. The predicted molar refractivity (Wildman–Crippen MR) is 357 cm³/mol. The molecule has 0 fully saturated rings. The first-order valence-electron chi connectivity index (χ1n) is 29.4. The van der Waals surface area contributed by atoms with Gasteiger partial charge in [-0.25, -0.2) is 0 Å². The first-order chi connectivity index (χ1) is 43.1. The van der Waals surface area contributed by atoms with E-state index >= 15 is 0 Å². The third-order valence-electron chi connectivity index (χ3n) is 17.1. The van der Waals surface area contributed by atoms with Gasteiger partial charge in [0.2, 0.25) is 0 Å². The molecule has 15 rings (SSSR count). The van der Waals surface area contributed by atoms with Crippen LogP contribution in [0.5, 0.6) is 23.0 Å². The molecule has 3 heterocycles. The molecule has 9 heteroatoms. The van der Waals surface area contributed by atoms with Gasteiger partial charge in [-0.2, -0.15) is 15.8 Å². The minimum absolute atomic E-state index is 0.355. The third kappa shape index (κ3) is 8.99. The maximum Gasteiger partial charge on any atom is 0.260 e. The summed E-state index contributed by atoms with van der Waals surface area (Å²) >= 11 is 0. The van der Waals surface area contributed by atoms with Crippen molar-refractivity contribution in [2.75, 3.05) is 9.80 Å². The van der Waals surface area contributed by atoms with Crippen molar-refractivity contribution in [3.63, 3.8) is 0 Å². The molecule has 0 saturated heterocycles. The summed E-state index contributed by atoms with van der Waals surface area (Å²) in [6.07, 6.45) is 0. The summed E-state index contributed by atoms with van der Waals surface area (Å²) in [7, 11) is 0. The highest BCUT2D eigenvalue weighted by molar-refractivity contribution is 6.98. The van der Waals surface area contributed by atoms with Gasteiger partial charge >= 0.3 is 0 Å². The molecular formula is C79H53BN6O2. The van der Waals surface area contributed by atoms with Gasteiger partial charge in [-0.15, -0.1) is 0 Å². The highest BCUT2D eigenvalue weighted by atomic mass is 16.5. The first kappa shape index (κ1) is 52.9. The highest BCUT2D eigenvalue weighted by Crippen LogP contribution is 2.50. The summed E-state index contributed by atoms with van der Waals surface area (Å²) < 4.78 is 17.0. The summed E-state index contributed by atoms with van der Waals surface area (Å²) in [6, 6.07) is 98.5. The lowest BCUT2D eigenvalue weighted by Gasteiger charge is -2.35. The monoisotopic (exact) mass is 1130 g/mol. The van der Waals surface area contributed by atoms with Gasteiger partial charge < -0.3 is 23.8 Å². The number of hydrogen-bond donors (Lipinski definition) is 0. The van der Waals surface area contributed by atoms with E-state index in [1.165, 1.54) is 0 Å². The molecule has 0 atom stereocenters. The van der Waals surface area contributed by atoms with E-state index < -0.39 is 5.41 Å². The number of benzene rings is 12. The maximum atomic E-state index is 10.8. The molecule has 1 aromatic heterocycles. The molecule has 0 aliphatic carbocycles. The minimum atomic E-state index is -0.390. The van der Waals surface area contributed by atoms with E-state index in [1.807, 2.05) is 97.1 Å². The number of anilines is 6. The summed E-state index contributed by atoms with van der Waals surface area (Å²) in [4.78, 5) is 4.53. The number of aromatic nitrogens is 1. The number of hydrogen-bond acceptors (Lipinski definition) is 7. The molecule has 0 spiro atoms. The summed E-state index contributed by atoms with van der Waals surface area (Å²) in [5.74, 6) is 2.55. The SMILES string of the molecule is CC(C)(C)c1cc(C#N)cc(-c2ccc3c(c2)Oc2cc(-c4cc(C#N)ccc4-n4c5ccccc5c5ccccc54)cc4c2B3c2ccc(-c3cc(C#N)ccc3N(c3ccccc3)c3ccccc3)cc2O4)c1N(c1ccccc1)c1ccccc1. The zero-order chi connectivity index (χ0) is 59.6. The molecule has 13 aromatic rings. The van der Waals surface area contributed by atoms with Gasteiger partial charge in [-0.05, 0) is 172 Å². The molecule has 2 aliphatic rings. The molecule has 2 aliphatic heterocycles. The Morgan fingerprint density at radius 3 is 1.32 bits per heavy atom. The normalized spacial score (nSPS) is 11.9. The van der Waals surface area contributed by atoms with Crippen LogP contribution in [0.2, 0.25) is 0 Å². The average Bonchev–Trinajstić information content (AvgIpc) is 0.821. The van der Waals surface area contributed by atoms with E-state index in [4.69, 9.17) is 9.47 Å². The van der Waals surface area contributed by atoms with Crippen molar-refractivity contribution >= 4 is 79.0 Å². The van der Waals surface area contributed by atoms with Crippen molar-refractivity contribution in [2.24, 2.45) is 0 Å². The first-order valence-corrected chi connectivity index (χ1v) is 29.4. The predicted octanol–water partition coefficient (Wildman–Crippen LogP) is 18.4. The lowest BCUT2D eigenvalue weighted by molar-refractivity contribution is 0.465. The van der Waals surface area contributed by atoms with Crippen molar-refractivity contribution in [3.05, 3.63) is 289 Å². The Kier molecular flexibility index (Phi) is 12.8. The molecule has 0 saturated carbocycles. The van der Waals surface area contributed by atoms with Gasteiger partial charge in [0.25, 0.3) is 6.71 Å². The van der Waals surface area contributed by atoms with Crippen LogP contribution in [0, 0.1) is 34.0 Å². The van der Waals surface area contributed by atoms with E-state index in [0.717, 1.165) is 117 Å². The average molecular weight is 1130 g/mol. The van der Waals surface area contributed by atoms with Crippen molar-refractivity contribution in [2.45, 2.75) is 26.2 Å². The molecule has 88 heavy (non-hydrogen) atoms. The Morgan fingerprint density at radius 2 is 0.818 bits per heavy atom. The van der Waals surface area contributed by atoms with Crippen LogP contribution in [-0.2, 0) is 5.41 Å². The maximum absolute atomic E-state index is 10.8. The molecular weight excluding hydrogens is 1080 g/mol. The standard InChI is InChI=1S/C79H53BN6O2/c1-79(2,3)66-43-53(50-83)42-65(78(66)85(59-24-12-6-13-25-59)60-26-14-7-15-27-60)55-35-37-68-74(45-55)88-76-47-56(64-41-52(49-82)33-39-72(64)86-69-30-18-16-28-61(69)62-29-17-19-31-70(62)86)46-75-77(76)80(68)67-36-34-54(44-73(67)87-75)63-40-51(48-81)32-38-71(63)84(57-20-8-4-9-21-57)58-22-10-5-11-23-58/h4-47H,1-3H3. The zero-order valence-electron chi connectivity index (χ0n) is 48.5. The van der Waals surface area contributed by atoms with E-state index in [1.54, 1.807) is 0 Å². The van der Waals surface area contributed by atoms with Gasteiger partial charge in [0.15, 0.2) is 0 Å². The van der Waals surface area contributed by atoms with Crippen LogP contribution in [0.25, 0.3) is 60.9 Å². The van der Waals surface area contributed by atoms with Crippen LogP contribution in [0.4, 0.5) is 34.1 Å². The van der Waals surface area contributed by atoms with Crippen LogP contribution >= 0.6 is 0 Å². The Hall–Kier alpha value is -11.8. The Morgan fingerprint density at radius 1 is 0.386 bits per heavy atom. The van der Waals surface area contributed by atoms with E-state index in [-0.39, 0.29) is 6.71 Å². The van der Waals surface area contributed by atoms with E-state index in [0.29, 0.717) is 39.7 Å². The molecule has 0 N–H and O–H groups in total. The van der Waals surface area contributed by atoms with E-state index in [9.17, 15) is 15.8 Å². The second-order valence-corrected chi connectivity index (χ2v) is 23.4. The molecule has 0 unspecified atom stereocenters. The fraction of sp³-hybridized carbons (Fsp3) is 0.0506. The number of nitrogens with zero attached hydrogens (tertiary/aromatic N) is 6. The van der Waals surface area contributed by atoms with Crippen LogP contribution < -0.4 is 35.7 Å². The number of nitriles is 3. The van der Waals surface area contributed by atoms with Gasteiger partial charge in [-0.1, -0.05) is 154 Å². The number of para-hydroxylation sites is 6. The number of rotatable bonds is 10. The lowest BCUT2D eigenvalue weighted by atomic mass is 9.34. The highest BCUT2D eigenvalue weighted by Gasteiger charge is 2.42. The van der Waals surface area contributed by atoms with Crippen molar-refractivity contribution in [3.8, 4) is 80.3 Å². The quantitative estimate of drug-likeness (QED) is 0.126. The van der Waals surface area contributed by atoms with Crippen LogP contribution in [-0.4, -0.2) is 11.3 Å². The van der Waals surface area contributed by atoms with Gasteiger partial charge in [-0.3, -0.25) is 0 Å². The Bertz CT molecular complexity index is 4940. The smallest absolute Gasteiger partial charge is 0.260 e. The zero-order valence-corrected chi connectivity index (χ0v) is 48.5. The summed E-state index contributed by atoms with van der Waals surface area (Å²) in [5, 5.41) is 34.2. The second-order valence-electron chi connectivity index (χ2n) is 23.4. The van der Waals surface area contributed by atoms with Crippen molar-refractivity contribution in [1.82, 2.24) is 4.57 Å². The fourth-order valence-electron chi connectivity index (χ4n) is 13.1. The molecule has 0 bridgehead atoms. The largest absolute Gasteiger partial charge is 0.458 e. The lowest BCUT2D eigenvalue weighted by Crippen LogP contribution is -2.57. The molecule has 0 amide bonds. The van der Waals surface area contributed by atoms with Gasteiger partial charge in [0.1, 0.15) is 23.0 Å². The van der Waals surface area contributed by atoms with Crippen molar-refractivity contribution in [1.29, 1.82) is 15.8 Å². The topological polar surface area (TPSA) is 101 Å². The van der Waals surface area contributed by atoms with Crippen LogP contribution in [0.1, 0.15) is 43.0 Å². The number of ether oxygens (including phenoxy) is 2. The number of fused-ring (bicyclic) bond motifs is 7. The van der Waals surface area contributed by atoms with E-state index in [2.05, 4.69) is 223 Å². The fourth-order valence-corrected chi connectivity index (χ4v) is 13.1. The summed E-state index contributed by atoms with van der Waals surface area (Å²) in [5.41, 5.74) is 18.8. The van der Waals surface area contributed by atoms with Crippen molar-refractivity contribution < 1.29 is 9.47 Å². The summed E-state index contributed by atoms with van der Waals surface area (Å²) in [6.45, 7) is 6.24. The third-order valence-corrected chi connectivity index (χ3v) is 17.1. The molecule has 414 valence electrons. The Labute approximate surface area is 511 Å². The van der Waals surface area contributed by atoms with Crippen LogP contribution in [0.3, 0.4) is 0 Å². The van der Waals surface area contributed by atoms with Gasteiger partial charge in [0, 0.05) is 55.7 Å². The van der Waals surface area contributed by atoms with Gasteiger partial charge in [0.05, 0.1) is 63.0 Å². The van der Waals surface area contributed by atoms with Crippen LogP contribution in [0.15, 0.2) is 267 Å². The second kappa shape index (κ2) is 21.4.